The highest BCUT2D eigenvalue weighted by Gasteiger charge is 2.24. The first-order valence-corrected chi connectivity index (χ1v) is 10.6. The van der Waals surface area contributed by atoms with Gasteiger partial charge in [0.05, 0.1) is 16.6 Å². The summed E-state index contributed by atoms with van der Waals surface area (Å²) >= 11 is 0. The standard InChI is InChI=1S/C21H18N4O2S/c26-28(27,17-12-16-4-1-2-5-19(16)24-13-17)25-14-18(15-7-10-22-11-8-15)21-20(25)6-3-9-23-21/h1-7,9,12-14,22H,8,10-11H2. The van der Waals surface area contributed by atoms with Crippen LogP contribution in [-0.2, 0) is 10.0 Å². The number of nitrogens with one attached hydrogen (secondary N) is 1. The van der Waals surface area contributed by atoms with Crippen molar-refractivity contribution >= 4 is 37.5 Å². The highest BCUT2D eigenvalue weighted by molar-refractivity contribution is 7.90. The molecule has 1 aliphatic heterocycles. The van der Waals surface area contributed by atoms with E-state index in [4.69, 9.17) is 0 Å². The molecule has 0 spiro atoms. The first kappa shape index (κ1) is 17.1. The summed E-state index contributed by atoms with van der Waals surface area (Å²) in [5.41, 5.74) is 4.03. The second kappa shape index (κ2) is 6.54. The van der Waals surface area contributed by atoms with Crippen molar-refractivity contribution in [2.45, 2.75) is 11.3 Å². The Bertz CT molecular complexity index is 1340. The normalized spacial score (nSPS) is 15.1. The molecule has 1 aromatic carbocycles. The number of hydrogen-bond acceptors (Lipinski definition) is 5. The first-order chi connectivity index (χ1) is 13.6. The van der Waals surface area contributed by atoms with Crippen molar-refractivity contribution in [2.24, 2.45) is 0 Å². The van der Waals surface area contributed by atoms with Crippen LogP contribution in [0.15, 0.2) is 72.0 Å². The maximum Gasteiger partial charge on any atom is 0.269 e. The predicted octanol–water partition coefficient (Wildman–Crippen LogP) is 3.20. The largest absolute Gasteiger partial charge is 0.313 e. The van der Waals surface area contributed by atoms with Crippen LogP contribution in [0, 0.1) is 0 Å². The van der Waals surface area contributed by atoms with Crippen molar-refractivity contribution in [2.75, 3.05) is 13.1 Å². The molecule has 0 saturated carbocycles. The van der Waals surface area contributed by atoms with E-state index in [1.54, 1.807) is 30.6 Å². The Morgan fingerprint density at radius 1 is 1.07 bits per heavy atom. The van der Waals surface area contributed by atoms with E-state index in [-0.39, 0.29) is 4.90 Å². The van der Waals surface area contributed by atoms with Crippen molar-refractivity contribution < 1.29 is 8.42 Å². The number of para-hydroxylation sites is 1. The van der Waals surface area contributed by atoms with Gasteiger partial charge in [0.1, 0.15) is 4.90 Å². The van der Waals surface area contributed by atoms with E-state index in [1.807, 2.05) is 24.3 Å². The zero-order valence-electron chi connectivity index (χ0n) is 15.0. The minimum atomic E-state index is -3.80. The topological polar surface area (TPSA) is 76.9 Å². The van der Waals surface area contributed by atoms with Crippen LogP contribution >= 0.6 is 0 Å². The van der Waals surface area contributed by atoms with E-state index in [9.17, 15) is 8.42 Å². The van der Waals surface area contributed by atoms with Crippen LogP contribution in [0.5, 0.6) is 0 Å². The maximum absolute atomic E-state index is 13.5. The van der Waals surface area contributed by atoms with Crippen LogP contribution in [-0.4, -0.2) is 35.4 Å². The molecule has 6 nitrogen and oxygen atoms in total. The molecule has 4 heterocycles. The van der Waals surface area contributed by atoms with Gasteiger partial charge < -0.3 is 5.32 Å². The third kappa shape index (κ3) is 2.71. The van der Waals surface area contributed by atoms with Crippen molar-refractivity contribution in [1.82, 2.24) is 19.3 Å². The molecule has 0 saturated heterocycles. The number of rotatable bonds is 3. The van der Waals surface area contributed by atoms with E-state index in [1.165, 1.54) is 10.2 Å². The fourth-order valence-electron chi connectivity index (χ4n) is 3.64. The highest BCUT2D eigenvalue weighted by Crippen LogP contribution is 2.31. The second-order valence-electron chi connectivity index (χ2n) is 6.76. The number of benzene rings is 1. The Hall–Kier alpha value is -3.03. The lowest BCUT2D eigenvalue weighted by molar-refractivity contribution is 0.589. The Morgan fingerprint density at radius 2 is 1.96 bits per heavy atom. The summed E-state index contributed by atoms with van der Waals surface area (Å²) in [6.45, 7) is 1.64. The van der Waals surface area contributed by atoms with Crippen molar-refractivity contribution in [3.8, 4) is 0 Å². The molecule has 4 aromatic rings. The fourth-order valence-corrected chi connectivity index (χ4v) is 4.98. The van der Waals surface area contributed by atoms with E-state index >= 15 is 0 Å². The van der Waals surface area contributed by atoms with Gasteiger partial charge in [-0.25, -0.2) is 12.4 Å². The highest BCUT2D eigenvalue weighted by atomic mass is 32.2. The van der Waals surface area contributed by atoms with Gasteiger partial charge in [0.2, 0.25) is 0 Å². The molecule has 0 unspecified atom stereocenters. The smallest absolute Gasteiger partial charge is 0.269 e. The van der Waals surface area contributed by atoms with E-state index < -0.39 is 10.0 Å². The van der Waals surface area contributed by atoms with Crippen LogP contribution in [0.1, 0.15) is 12.0 Å². The zero-order valence-corrected chi connectivity index (χ0v) is 15.9. The van der Waals surface area contributed by atoms with Gasteiger partial charge in [-0.1, -0.05) is 24.3 Å². The van der Waals surface area contributed by atoms with Crippen LogP contribution < -0.4 is 5.32 Å². The first-order valence-electron chi connectivity index (χ1n) is 9.11. The molecular weight excluding hydrogens is 372 g/mol. The van der Waals surface area contributed by atoms with Crippen molar-refractivity contribution in [3.63, 3.8) is 0 Å². The number of nitrogens with zero attached hydrogens (tertiary/aromatic N) is 3. The van der Waals surface area contributed by atoms with E-state index in [2.05, 4.69) is 21.4 Å². The van der Waals surface area contributed by atoms with Gasteiger partial charge in [-0.15, -0.1) is 0 Å². The Balaban J connectivity index is 1.72. The second-order valence-corrected chi connectivity index (χ2v) is 8.58. The van der Waals surface area contributed by atoms with Crippen molar-refractivity contribution in [3.05, 3.63) is 72.7 Å². The van der Waals surface area contributed by atoms with Gasteiger partial charge in [-0.3, -0.25) is 9.97 Å². The number of fused-ring (bicyclic) bond motifs is 2. The summed E-state index contributed by atoms with van der Waals surface area (Å²) in [6.07, 6.45) is 7.75. The van der Waals surface area contributed by atoms with Crippen LogP contribution in [0.25, 0.3) is 27.5 Å². The molecule has 0 radical (unpaired) electrons. The zero-order chi connectivity index (χ0) is 19.1. The third-order valence-electron chi connectivity index (χ3n) is 5.06. The quantitative estimate of drug-likeness (QED) is 0.581. The molecular formula is C21H18N4O2S. The van der Waals surface area contributed by atoms with E-state index in [0.29, 0.717) is 11.0 Å². The molecule has 3 aromatic heterocycles. The van der Waals surface area contributed by atoms with Gasteiger partial charge in [-0.2, -0.15) is 0 Å². The summed E-state index contributed by atoms with van der Waals surface area (Å²) in [7, 11) is -3.80. The number of hydrogen-bond donors (Lipinski definition) is 1. The van der Waals surface area contributed by atoms with Gasteiger partial charge in [0.25, 0.3) is 10.0 Å². The maximum atomic E-state index is 13.5. The Morgan fingerprint density at radius 3 is 2.82 bits per heavy atom. The lowest BCUT2D eigenvalue weighted by Gasteiger charge is -2.12. The Kier molecular flexibility index (Phi) is 3.99. The molecule has 0 fully saturated rings. The molecule has 0 bridgehead atoms. The number of aromatic nitrogens is 3. The number of pyridine rings is 2. The average Bonchev–Trinajstić information content (AvgIpc) is 3.14. The molecule has 5 rings (SSSR count). The van der Waals surface area contributed by atoms with Gasteiger partial charge in [0.15, 0.2) is 0 Å². The summed E-state index contributed by atoms with van der Waals surface area (Å²) in [6, 6.07) is 12.7. The third-order valence-corrected chi connectivity index (χ3v) is 6.70. The summed E-state index contributed by atoms with van der Waals surface area (Å²) in [5, 5.41) is 4.07. The summed E-state index contributed by atoms with van der Waals surface area (Å²) in [4.78, 5) is 8.96. The minimum Gasteiger partial charge on any atom is -0.313 e. The summed E-state index contributed by atoms with van der Waals surface area (Å²) < 4.78 is 28.2. The lowest BCUT2D eigenvalue weighted by Crippen LogP contribution is -2.20. The van der Waals surface area contributed by atoms with Crippen LogP contribution in [0.3, 0.4) is 0 Å². The van der Waals surface area contributed by atoms with Crippen molar-refractivity contribution in [1.29, 1.82) is 0 Å². The molecule has 1 N–H and O–H groups in total. The average molecular weight is 390 g/mol. The Labute approximate surface area is 162 Å². The van der Waals surface area contributed by atoms with Crippen LogP contribution in [0.4, 0.5) is 0 Å². The monoisotopic (exact) mass is 390 g/mol. The van der Waals surface area contributed by atoms with Gasteiger partial charge in [-0.05, 0) is 42.8 Å². The molecule has 1 aliphatic rings. The summed E-state index contributed by atoms with van der Waals surface area (Å²) in [5.74, 6) is 0. The lowest BCUT2D eigenvalue weighted by atomic mass is 10.0. The van der Waals surface area contributed by atoms with E-state index in [0.717, 1.165) is 41.5 Å². The SMILES string of the molecule is O=S(=O)(c1cnc2ccccc2c1)n1cc(C2=CCNCC2)c2ncccc21. The molecule has 28 heavy (non-hydrogen) atoms. The van der Waals surface area contributed by atoms with Gasteiger partial charge >= 0.3 is 0 Å². The minimum absolute atomic E-state index is 0.165. The molecule has 7 heteroatoms. The van der Waals surface area contributed by atoms with Crippen LogP contribution in [0.2, 0.25) is 0 Å². The fraction of sp³-hybridized carbons (Fsp3) is 0.143. The molecule has 140 valence electrons. The van der Waals surface area contributed by atoms with Gasteiger partial charge in [0, 0.05) is 36.1 Å². The molecule has 0 aliphatic carbocycles. The molecule has 0 amide bonds. The molecule has 0 atom stereocenters. The predicted molar refractivity (Wildman–Crippen MR) is 110 cm³/mol.